The number of nitrogens with one attached hydrogen (secondary N) is 1. The number of fused-ring (bicyclic) bond motifs is 1. The van der Waals surface area contributed by atoms with Crippen molar-refractivity contribution < 1.29 is 18.0 Å². The van der Waals surface area contributed by atoms with Crippen molar-refractivity contribution in [2.45, 2.75) is 25.9 Å². The Morgan fingerprint density at radius 1 is 1.31 bits per heavy atom. The van der Waals surface area contributed by atoms with Crippen LogP contribution in [0.15, 0.2) is 24.4 Å². The van der Waals surface area contributed by atoms with Crippen LogP contribution in [0.2, 0.25) is 0 Å². The van der Waals surface area contributed by atoms with E-state index in [0.717, 1.165) is 36.5 Å². The smallest absolute Gasteiger partial charge is 0.352 e. The highest BCUT2D eigenvalue weighted by atomic mass is 32.1. The van der Waals surface area contributed by atoms with Gasteiger partial charge >= 0.3 is 6.18 Å². The Morgan fingerprint density at radius 3 is 2.69 bits per heavy atom. The average Bonchev–Trinajstić information content (AvgIpc) is 3.30. The number of hydrogen-bond donors (Lipinski definition) is 1. The van der Waals surface area contributed by atoms with Gasteiger partial charge in [-0.05, 0) is 51.7 Å². The lowest BCUT2D eigenvalue weighted by molar-refractivity contribution is -0.142. The van der Waals surface area contributed by atoms with Crippen molar-refractivity contribution in [2.75, 3.05) is 27.2 Å². The van der Waals surface area contributed by atoms with Gasteiger partial charge in [0.25, 0.3) is 5.91 Å². The van der Waals surface area contributed by atoms with Crippen LogP contribution in [-0.2, 0) is 12.6 Å². The highest BCUT2D eigenvalue weighted by Gasteiger charge is 2.36. The molecule has 3 heterocycles. The second-order valence-corrected chi connectivity index (χ2v) is 8.02. The number of nitrogens with zero attached hydrogens (tertiary/aromatic N) is 4. The summed E-state index contributed by atoms with van der Waals surface area (Å²) in [6.45, 7) is 3.17. The third-order valence-electron chi connectivity index (χ3n) is 4.34. The van der Waals surface area contributed by atoms with Crippen molar-refractivity contribution in [3.05, 3.63) is 40.5 Å². The zero-order valence-electron chi connectivity index (χ0n) is 16.4. The minimum atomic E-state index is -4.63. The van der Waals surface area contributed by atoms with Gasteiger partial charge in [-0.3, -0.25) is 4.79 Å². The SMILES string of the molecule is CCc1ccc(-c2cc(C(F)(F)F)n3ncc(C(=O)NCCCN(C)C)c3n2)s1. The molecule has 0 aromatic carbocycles. The molecule has 0 aliphatic rings. The number of aromatic nitrogens is 3. The van der Waals surface area contributed by atoms with Gasteiger partial charge in [-0.1, -0.05) is 6.92 Å². The summed E-state index contributed by atoms with van der Waals surface area (Å²) in [5.74, 6) is -0.489. The van der Waals surface area contributed by atoms with Gasteiger partial charge in [-0.15, -0.1) is 11.3 Å². The van der Waals surface area contributed by atoms with E-state index in [1.54, 1.807) is 6.07 Å². The van der Waals surface area contributed by atoms with E-state index in [1.807, 2.05) is 32.0 Å². The summed E-state index contributed by atoms with van der Waals surface area (Å²) < 4.78 is 41.6. The maximum Gasteiger partial charge on any atom is 0.433 e. The summed E-state index contributed by atoms with van der Waals surface area (Å²) in [6, 6.07) is 4.60. The first-order valence-corrected chi connectivity index (χ1v) is 10.0. The molecule has 0 aliphatic heterocycles. The minimum Gasteiger partial charge on any atom is -0.352 e. The van der Waals surface area contributed by atoms with Gasteiger partial charge in [0.1, 0.15) is 5.56 Å². The molecule has 0 aliphatic carbocycles. The number of halogens is 3. The number of carbonyl (C=O) groups is 1. The molecular weight excluding hydrogens is 403 g/mol. The molecule has 0 fully saturated rings. The number of rotatable bonds is 7. The molecule has 0 atom stereocenters. The van der Waals surface area contributed by atoms with Gasteiger partial charge in [0.15, 0.2) is 11.3 Å². The Hall–Kier alpha value is -2.46. The van der Waals surface area contributed by atoms with E-state index in [0.29, 0.717) is 15.9 Å². The van der Waals surface area contributed by atoms with Crippen molar-refractivity contribution >= 4 is 22.9 Å². The largest absolute Gasteiger partial charge is 0.433 e. The lowest BCUT2D eigenvalue weighted by Crippen LogP contribution is -2.27. The summed E-state index contributed by atoms with van der Waals surface area (Å²) >= 11 is 1.39. The van der Waals surface area contributed by atoms with Gasteiger partial charge in [-0.2, -0.15) is 18.3 Å². The van der Waals surface area contributed by atoms with Gasteiger partial charge in [0.05, 0.1) is 16.8 Å². The van der Waals surface area contributed by atoms with Crippen LogP contribution in [0.3, 0.4) is 0 Å². The molecule has 0 bridgehead atoms. The van der Waals surface area contributed by atoms with Crippen LogP contribution < -0.4 is 5.32 Å². The fourth-order valence-corrected chi connectivity index (χ4v) is 3.76. The Balaban J connectivity index is 2.00. The molecule has 0 saturated carbocycles. The fourth-order valence-electron chi connectivity index (χ4n) is 2.85. The molecule has 3 aromatic heterocycles. The van der Waals surface area contributed by atoms with Crippen molar-refractivity contribution in [1.29, 1.82) is 0 Å². The second-order valence-electron chi connectivity index (χ2n) is 6.85. The number of thiophene rings is 1. The number of amides is 1. The molecule has 29 heavy (non-hydrogen) atoms. The number of carbonyl (C=O) groups excluding carboxylic acids is 1. The average molecular weight is 425 g/mol. The number of hydrogen-bond acceptors (Lipinski definition) is 5. The van der Waals surface area contributed by atoms with Crippen molar-refractivity contribution in [3.63, 3.8) is 0 Å². The van der Waals surface area contributed by atoms with Crippen LogP contribution in [0.25, 0.3) is 16.2 Å². The first kappa shape index (κ1) is 21.3. The quantitative estimate of drug-likeness (QED) is 0.586. The van der Waals surface area contributed by atoms with E-state index < -0.39 is 17.8 Å². The third-order valence-corrected chi connectivity index (χ3v) is 5.59. The molecule has 10 heteroatoms. The van der Waals surface area contributed by atoms with Crippen molar-refractivity contribution in [3.8, 4) is 10.6 Å². The zero-order valence-corrected chi connectivity index (χ0v) is 17.2. The van der Waals surface area contributed by atoms with Crippen LogP contribution in [0.1, 0.15) is 34.3 Å². The highest BCUT2D eigenvalue weighted by molar-refractivity contribution is 7.15. The maximum atomic E-state index is 13.6. The number of aryl methyl sites for hydroxylation is 1. The van der Waals surface area contributed by atoms with Crippen LogP contribution in [0.4, 0.5) is 13.2 Å². The zero-order chi connectivity index (χ0) is 21.2. The standard InChI is InChI=1S/C19H22F3N5OS/c1-4-12-6-7-15(29-12)14-10-16(19(20,21)22)27-17(25-14)13(11-24-27)18(28)23-8-5-9-26(2)3/h6-7,10-11H,4-5,8-9H2,1-3H3,(H,23,28). The highest BCUT2D eigenvalue weighted by Crippen LogP contribution is 2.34. The van der Waals surface area contributed by atoms with Gasteiger partial charge < -0.3 is 10.2 Å². The van der Waals surface area contributed by atoms with E-state index in [1.165, 1.54) is 11.3 Å². The summed E-state index contributed by atoms with van der Waals surface area (Å²) in [4.78, 5) is 20.5. The predicted molar refractivity (Wildman–Crippen MR) is 106 cm³/mol. The van der Waals surface area contributed by atoms with E-state index >= 15 is 0 Å². The number of alkyl halides is 3. The van der Waals surface area contributed by atoms with E-state index in [-0.39, 0.29) is 16.9 Å². The van der Waals surface area contributed by atoms with Gasteiger partial charge in [0, 0.05) is 11.4 Å². The van der Waals surface area contributed by atoms with E-state index in [2.05, 4.69) is 15.4 Å². The van der Waals surface area contributed by atoms with E-state index in [9.17, 15) is 18.0 Å². The molecule has 0 radical (unpaired) electrons. The minimum absolute atomic E-state index is 0.0227. The van der Waals surface area contributed by atoms with Crippen LogP contribution in [0.5, 0.6) is 0 Å². The molecule has 6 nitrogen and oxygen atoms in total. The summed E-state index contributed by atoms with van der Waals surface area (Å²) in [5, 5.41) is 6.51. The van der Waals surface area contributed by atoms with Crippen LogP contribution >= 0.6 is 11.3 Å². The molecule has 1 N–H and O–H groups in total. The Bertz CT molecular complexity index is 1010. The Morgan fingerprint density at radius 2 is 2.07 bits per heavy atom. The molecule has 3 aromatic rings. The topological polar surface area (TPSA) is 62.5 Å². The fraction of sp³-hybridized carbons (Fsp3) is 0.421. The van der Waals surface area contributed by atoms with Crippen molar-refractivity contribution in [1.82, 2.24) is 24.8 Å². The van der Waals surface area contributed by atoms with Gasteiger partial charge in [-0.25, -0.2) is 9.50 Å². The lowest BCUT2D eigenvalue weighted by atomic mass is 10.2. The summed E-state index contributed by atoms with van der Waals surface area (Å²) in [7, 11) is 3.84. The monoisotopic (exact) mass is 425 g/mol. The Labute approximate surface area is 170 Å². The van der Waals surface area contributed by atoms with E-state index in [4.69, 9.17) is 0 Å². The summed E-state index contributed by atoms with van der Waals surface area (Å²) in [6.07, 6.45) is -1.99. The molecule has 0 unspecified atom stereocenters. The molecule has 156 valence electrons. The molecule has 0 saturated heterocycles. The first-order chi connectivity index (χ1) is 13.7. The molecule has 3 rings (SSSR count). The molecule has 1 amide bonds. The predicted octanol–water partition coefficient (Wildman–Crippen LogP) is 3.72. The van der Waals surface area contributed by atoms with Crippen molar-refractivity contribution in [2.24, 2.45) is 0 Å². The lowest BCUT2D eigenvalue weighted by Gasteiger charge is -2.11. The molecular formula is C19H22F3N5OS. The van der Waals surface area contributed by atoms with Crippen LogP contribution in [-0.4, -0.2) is 52.6 Å². The first-order valence-electron chi connectivity index (χ1n) is 9.18. The summed E-state index contributed by atoms with van der Waals surface area (Å²) in [5.41, 5.74) is -0.867. The maximum absolute atomic E-state index is 13.6. The third kappa shape index (κ3) is 4.76. The normalized spacial score (nSPS) is 12.1. The molecule has 0 spiro atoms. The van der Waals surface area contributed by atoms with Crippen LogP contribution in [0, 0.1) is 0 Å². The van der Waals surface area contributed by atoms with Gasteiger partial charge in [0.2, 0.25) is 0 Å². The second kappa shape index (κ2) is 8.50. The Kier molecular flexibility index (Phi) is 6.23.